The SMILES string of the molecule is CS(=O)(=O)c1ccc(C2(C(=O)O)CCC2)cc1F. The first-order chi connectivity index (χ1) is 8.27. The van der Waals surface area contributed by atoms with Crippen molar-refractivity contribution in [3.63, 3.8) is 0 Å². The molecule has 2 rings (SSSR count). The Morgan fingerprint density at radius 1 is 1.39 bits per heavy atom. The van der Waals surface area contributed by atoms with Crippen molar-refractivity contribution in [2.24, 2.45) is 0 Å². The van der Waals surface area contributed by atoms with Gasteiger partial charge in [0.25, 0.3) is 0 Å². The second-order valence-electron chi connectivity index (χ2n) is 4.66. The van der Waals surface area contributed by atoms with Gasteiger partial charge >= 0.3 is 5.97 Å². The van der Waals surface area contributed by atoms with E-state index < -0.39 is 31.9 Å². The normalized spacial score (nSPS) is 18.1. The van der Waals surface area contributed by atoms with Gasteiger partial charge in [0.1, 0.15) is 10.7 Å². The van der Waals surface area contributed by atoms with E-state index in [2.05, 4.69) is 0 Å². The fourth-order valence-electron chi connectivity index (χ4n) is 2.26. The molecule has 18 heavy (non-hydrogen) atoms. The van der Waals surface area contributed by atoms with Gasteiger partial charge < -0.3 is 5.11 Å². The Labute approximate surface area is 104 Å². The zero-order valence-corrected chi connectivity index (χ0v) is 10.6. The average molecular weight is 272 g/mol. The minimum atomic E-state index is -3.63. The lowest BCUT2D eigenvalue weighted by Crippen LogP contribution is -2.42. The van der Waals surface area contributed by atoms with Crippen LogP contribution in [0.4, 0.5) is 4.39 Å². The summed E-state index contributed by atoms with van der Waals surface area (Å²) in [5.41, 5.74) is -0.706. The molecule has 0 aliphatic heterocycles. The number of carboxylic acid groups (broad SMARTS) is 1. The highest BCUT2D eigenvalue weighted by Crippen LogP contribution is 2.44. The number of halogens is 1. The fraction of sp³-hybridized carbons (Fsp3) is 0.417. The number of sulfone groups is 1. The number of carbonyl (C=O) groups is 1. The molecule has 0 bridgehead atoms. The molecular formula is C12H13FO4S. The smallest absolute Gasteiger partial charge is 0.314 e. The molecule has 0 saturated heterocycles. The molecule has 4 nitrogen and oxygen atoms in total. The van der Waals surface area contributed by atoms with Crippen molar-refractivity contribution < 1.29 is 22.7 Å². The fourth-order valence-corrected chi connectivity index (χ4v) is 2.98. The number of rotatable bonds is 3. The standard InChI is InChI=1S/C12H13FO4S/c1-18(16,17)10-4-3-8(7-9(10)13)12(11(14)15)5-2-6-12/h3-4,7H,2,5-6H2,1H3,(H,14,15). The molecule has 0 heterocycles. The highest BCUT2D eigenvalue weighted by Gasteiger charge is 2.46. The van der Waals surface area contributed by atoms with Gasteiger partial charge in [-0.1, -0.05) is 12.5 Å². The van der Waals surface area contributed by atoms with E-state index in [0.717, 1.165) is 24.8 Å². The van der Waals surface area contributed by atoms with E-state index in [1.807, 2.05) is 0 Å². The van der Waals surface area contributed by atoms with Crippen LogP contribution in [0.1, 0.15) is 24.8 Å². The highest BCUT2D eigenvalue weighted by atomic mass is 32.2. The number of carboxylic acids is 1. The molecule has 1 aromatic rings. The van der Waals surface area contributed by atoms with E-state index in [-0.39, 0.29) is 0 Å². The predicted octanol–water partition coefficient (Wildman–Crippen LogP) is 1.74. The third-order valence-electron chi connectivity index (χ3n) is 3.50. The van der Waals surface area contributed by atoms with Crippen molar-refractivity contribution >= 4 is 15.8 Å². The summed E-state index contributed by atoms with van der Waals surface area (Å²) < 4.78 is 36.3. The maximum atomic E-state index is 13.7. The molecule has 1 aromatic carbocycles. The zero-order chi connectivity index (χ0) is 13.6. The first kappa shape index (κ1) is 13.0. The lowest BCUT2D eigenvalue weighted by molar-refractivity contribution is -0.147. The third kappa shape index (κ3) is 1.90. The van der Waals surface area contributed by atoms with Gasteiger partial charge in [0.05, 0.1) is 5.41 Å². The maximum Gasteiger partial charge on any atom is 0.314 e. The summed E-state index contributed by atoms with van der Waals surface area (Å²) in [6.07, 6.45) is 2.61. The van der Waals surface area contributed by atoms with Crippen LogP contribution in [0.2, 0.25) is 0 Å². The first-order valence-corrected chi connectivity index (χ1v) is 7.40. The zero-order valence-electron chi connectivity index (χ0n) is 9.81. The predicted molar refractivity (Wildman–Crippen MR) is 62.7 cm³/mol. The van der Waals surface area contributed by atoms with Gasteiger partial charge in [-0.2, -0.15) is 0 Å². The summed E-state index contributed by atoms with van der Waals surface area (Å²) in [6.45, 7) is 0. The second kappa shape index (κ2) is 4.05. The largest absolute Gasteiger partial charge is 0.481 e. The Morgan fingerprint density at radius 2 is 2.00 bits per heavy atom. The van der Waals surface area contributed by atoms with Gasteiger partial charge in [0.15, 0.2) is 9.84 Å². The van der Waals surface area contributed by atoms with Crippen molar-refractivity contribution in [2.45, 2.75) is 29.6 Å². The Balaban J connectivity index is 2.50. The molecule has 1 saturated carbocycles. The molecule has 0 aromatic heterocycles. The van der Waals surface area contributed by atoms with E-state index in [4.69, 9.17) is 0 Å². The second-order valence-corrected chi connectivity index (χ2v) is 6.64. The molecule has 0 radical (unpaired) electrons. The summed E-state index contributed by atoms with van der Waals surface area (Å²) in [7, 11) is -3.63. The van der Waals surface area contributed by atoms with Crippen LogP contribution in [-0.2, 0) is 20.0 Å². The topological polar surface area (TPSA) is 71.4 Å². The highest BCUT2D eigenvalue weighted by molar-refractivity contribution is 7.90. The summed E-state index contributed by atoms with van der Waals surface area (Å²) >= 11 is 0. The summed E-state index contributed by atoms with van der Waals surface area (Å²) in [4.78, 5) is 10.9. The number of hydrogen-bond acceptors (Lipinski definition) is 3. The van der Waals surface area contributed by atoms with Crippen molar-refractivity contribution in [2.75, 3.05) is 6.26 Å². The van der Waals surface area contributed by atoms with Crippen LogP contribution in [0.25, 0.3) is 0 Å². The van der Waals surface area contributed by atoms with Crippen LogP contribution < -0.4 is 0 Å². The monoisotopic (exact) mass is 272 g/mol. The van der Waals surface area contributed by atoms with E-state index >= 15 is 0 Å². The molecule has 98 valence electrons. The summed E-state index contributed by atoms with van der Waals surface area (Å²) in [5.74, 6) is -1.87. The molecule has 1 fully saturated rings. The molecule has 0 spiro atoms. The van der Waals surface area contributed by atoms with E-state index in [0.29, 0.717) is 18.4 Å². The quantitative estimate of drug-likeness (QED) is 0.909. The van der Waals surface area contributed by atoms with E-state index in [1.165, 1.54) is 6.07 Å². The van der Waals surface area contributed by atoms with Crippen LogP contribution in [0.5, 0.6) is 0 Å². The van der Waals surface area contributed by atoms with Gasteiger partial charge in [0, 0.05) is 6.26 Å². The van der Waals surface area contributed by atoms with Crippen LogP contribution in [0, 0.1) is 5.82 Å². The lowest BCUT2D eigenvalue weighted by Gasteiger charge is -2.38. The average Bonchev–Trinajstić information content (AvgIpc) is 2.12. The summed E-state index contributed by atoms with van der Waals surface area (Å²) in [6, 6.07) is 3.57. The lowest BCUT2D eigenvalue weighted by atomic mass is 9.64. The van der Waals surface area contributed by atoms with E-state index in [9.17, 15) is 22.7 Å². The van der Waals surface area contributed by atoms with Crippen LogP contribution in [0.15, 0.2) is 23.1 Å². The van der Waals surface area contributed by atoms with Crippen LogP contribution in [-0.4, -0.2) is 25.7 Å². The number of benzene rings is 1. The molecule has 1 aliphatic rings. The molecular weight excluding hydrogens is 259 g/mol. The molecule has 1 N–H and O–H groups in total. The first-order valence-electron chi connectivity index (χ1n) is 5.51. The minimum Gasteiger partial charge on any atom is -0.481 e. The Morgan fingerprint density at radius 3 is 2.33 bits per heavy atom. The van der Waals surface area contributed by atoms with Crippen LogP contribution in [0.3, 0.4) is 0 Å². The van der Waals surface area contributed by atoms with Crippen molar-refractivity contribution in [3.8, 4) is 0 Å². The van der Waals surface area contributed by atoms with Gasteiger partial charge in [-0.05, 0) is 30.5 Å². The number of aliphatic carboxylic acids is 1. The Hall–Kier alpha value is -1.43. The molecule has 0 unspecified atom stereocenters. The van der Waals surface area contributed by atoms with Crippen LogP contribution >= 0.6 is 0 Å². The Kier molecular flexibility index (Phi) is 2.93. The molecule has 0 atom stereocenters. The molecule has 0 amide bonds. The van der Waals surface area contributed by atoms with Gasteiger partial charge in [-0.15, -0.1) is 0 Å². The van der Waals surface area contributed by atoms with Gasteiger partial charge in [-0.3, -0.25) is 4.79 Å². The molecule has 1 aliphatic carbocycles. The molecule has 6 heteroatoms. The van der Waals surface area contributed by atoms with Crippen molar-refractivity contribution in [1.82, 2.24) is 0 Å². The number of hydrogen-bond donors (Lipinski definition) is 1. The Bertz CT molecular complexity index is 603. The minimum absolute atomic E-state index is 0.339. The van der Waals surface area contributed by atoms with Gasteiger partial charge in [0.2, 0.25) is 0 Å². The van der Waals surface area contributed by atoms with Gasteiger partial charge in [-0.25, -0.2) is 12.8 Å². The maximum absolute atomic E-state index is 13.7. The third-order valence-corrected chi connectivity index (χ3v) is 4.63. The summed E-state index contributed by atoms with van der Waals surface area (Å²) in [5, 5.41) is 9.22. The van der Waals surface area contributed by atoms with Crippen molar-refractivity contribution in [3.05, 3.63) is 29.6 Å². The van der Waals surface area contributed by atoms with E-state index in [1.54, 1.807) is 0 Å². The van der Waals surface area contributed by atoms with Crippen molar-refractivity contribution in [1.29, 1.82) is 0 Å².